The maximum absolute atomic E-state index is 14.3. The molecule has 4 aliphatic rings. The van der Waals surface area contributed by atoms with Gasteiger partial charge in [-0.05, 0) is 68.3 Å². The molecule has 0 saturated heterocycles. The molecule has 2 atom stereocenters. The number of halogens is 1. The van der Waals surface area contributed by atoms with Crippen molar-refractivity contribution in [3.63, 3.8) is 0 Å². The third-order valence-corrected chi connectivity index (χ3v) is 11.9. The van der Waals surface area contributed by atoms with Crippen LogP contribution in [0.4, 0.5) is 0 Å². The van der Waals surface area contributed by atoms with Crippen LogP contribution in [0.25, 0.3) is 5.57 Å². The number of carboxylic acid groups (broad SMARTS) is 1. The average molecular weight is 715 g/mol. The van der Waals surface area contributed by atoms with Crippen molar-refractivity contribution in [2.24, 2.45) is 25.9 Å². The molecule has 13 heteroatoms. The van der Waals surface area contributed by atoms with E-state index in [-0.39, 0.29) is 17.6 Å². The number of imidazole rings is 2. The third-order valence-electron chi connectivity index (χ3n) is 11.3. The number of carboxylic acids is 1. The second-order valence-electron chi connectivity index (χ2n) is 14.7. The number of carbonyl (C=O) groups excluding carboxylic acids is 2. The van der Waals surface area contributed by atoms with Gasteiger partial charge in [0.25, 0.3) is 11.8 Å². The van der Waals surface area contributed by atoms with Crippen molar-refractivity contribution >= 4 is 35.0 Å². The summed E-state index contributed by atoms with van der Waals surface area (Å²) in [5.41, 5.74) is 4.98. The van der Waals surface area contributed by atoms with Gasteiger partial charge in [0.2, 0.25) is 0 Å². The van der Waals surface area contributed by atoms with Crippen LogP contribution in [-0.4, -0.2) is 89.5 Å². The molecule has 2 amide bonds. The summed E-state index contributed by atoms with van der Waals surface area (Å²) in [4.78, 5) is 54.1. The second kappa shape index (κ2) is 14.0. The first-order valence-electron chi connectivity index (χ1n) is 17.9. The summed E-state index contributed by atoms with van der Waals surface area (Å²) in [5, 5.41) is 14.8. The molecule has 2 aromatic heterocycles. The van der Waals surface area contributed by atoms with Crippen molar-refractivity contribution < 1.29 is 19.5 Å². The summed E-state index contributed by atoms with van der Waals surface area (Å²) in [5.74, 6) is -0.848. The molecule has 2 aliphatic heterocycles. The third kappa shape index (κ3) is 6.76. The molecule has 270 valence electrons. The standard InChI is InChI=1S/C38H47ClN8O4/c1-23-8-5-6-9-26(23)27-10-7-17-38(32(27)39,42-35(48)33-40-28-21-44(2)18-15-30(28)45(33)3)43-36(49)34-41-29-22-47(19-16-31(29)46(34)4)20-24-11-13-25(14-12-24)37(50)51/h5-10,17,24-25,32H,11-16,18-22H2,1-4H3,(H,42,48)(H,43,49)(H,50,51)/t24-,25-,32?,38?. The molecule has 1 aromatic carbocycles. The van der Waals surface area contributed by atoms with Crippen molar-refractivity contribution in [1.29, 1.82) is 0 Å². The predicted molar refractivity (Wildman–Crippen MR) is 194 cm³/mol. The lowest BCUT2D eigenvalue weighted by Crippen LogP contribution is -2.65. The molecular weight excluding hydrogens is 668 g/mol. The molecule has 4 heterocycles. The highest BCUT2D eigenvalue weighted by Gasteiger charge is 2.45. The zero-order valence-corrected chi connectivity index (χ0v) is 30.5. The molecule has 1 fully saturated rings. The van der Waals surface area contributed by atoms with Crippen molar-refractivity contribution in [2.75, 3.05) is 26.7 Å². The number of allylic oxidation sites excluding steroid dienone is 2. The normalized spacial score (nSPS) is 25.1. The van der Waals surface area contributed by atoms with Gasteiger partial charge in [-0.25, -0.2) is 9.97 Å². The molecule has 0 spiro atoms. The Morgan fingerprint density at radius 3 is 2.14 bits per heavy atom. The van der Waals surface area contributed by atoms with E-state index in [0.29, 0.717) is 19.0 Å². The van der Waals surface area contributed by atoms with E-state index in [4.69, 9.17) is 21.6 Å². The number of alkyl halides is 1. The van der Waals surface area contributed by atoms with Crippen molar-refractivity contribution in [2.45, 2.75) is 69.6 Å². The molecule has 0 bridgehead atoms. The number of rotatable bonds is 8. The number of carbonyl (C=O) groups is 3. The minimum atomic E-state index is -1.50. The first-order valence-corrected chi connectivity index (χ1v) is 18.3. The monoisotopic (exact) mass is 714 g/mol. The van der Waals surface area contributed by atoms with Crippen LogP contribution in [0, 0.1) is 18.8 Å². The fourth-order valence-electron chi connectivity index (χ4n) is 8.33. The topological polar surface area (TPSA) is 138 Å². The van der Waals surface area contributed by atoms with Gasteiger partial charge in [-0.1, -0.05) is 36.4 Å². The number of nitrogens with one attached hydrogen (secondary N) is 2. The van der Waals surface area contributed by atoms with Gasteiger partial charge in [-0.3, -0.25) is 19.3 Å². The van der Waals surface area contributed by atoms with Gasteiger partial charge < -0.3 is 29.8 Å². The van der Waals surface area contributed by atoms with E-state index < -0.39 is 28.8 Å². The molecule has 2 unspecified atom stereocenters. The zero-order chi connectivity index (χ0) is 36.0. The van der Waals surface area contributed by atoms with Crippen molar-refractivity contribution in [3.05, 3.63) is 88.0 Å². The van der Waals surface area contributed by atoms with Crippen LogP contribution in [0.15, 0.2) is 42.5 Å². The van der Waals surface area contributed by atoms with E-state index in [1.54, 1.807) is 6.08 Å². The number of benzene rings is 1. The molecule has 1 saturated carbocycles. The van der Waals surface area contributed by atoms with Crippen LogP contribution >= 0.6 is 11.6 Å². The van der Waals surface area contributed by atoms with Gasteiger partial charge in [0, 0.05) is 71.0 Å². The largest absolute Gasteiger partial charge is 0.481 e. The number of amides is 2. The number of likely N-dealkylation sites (N-methyl/N-ethyl adjacent to an activating group) is 1. The van der Waals surface area contributed by atoms with Gasteiger partial charge in [-0.15, -0.1) is 11.6 Å². The molecule has 3 N–H and O–H groups in total. The van der Waals surface area contributed by atoms with Gasteiger partial charge in [0.15, 0.2) is 17.3 Å². The van der Waals surface area contributed by atoms with Crippen LogP contribution < -0.4 is 10.6 Å². The lowest BCUT2D eigenvalue weighted by molar-refractivity contribution is -0.143. The summed E-state index contributed by atoms with van der Waals surface area (Å²) in [6, 6.07) is 7.91. The first kappa shape index (κ1) is 35.2. The molecule has 2 aliphatic carbocycles. The Kier molecular flexibility index (Phi) is 9.68. The Bertz CT molecular complexity index is 1920. The Morgan fingerprint density at radius 1 is 0.902 bits per heavy atom. The van der Waals surface area contributed by atoms with Gasteiger partial charge in [-0.2, -0.15) is 0 Å². The number of aryl methyl sites for hydroxylation is 1. The number of hydrogen-bond acceptors (Lipinski definition) is 7. The fourth-order valence-corrected chi connectivity index (χ4v) is 8.70. The quantitative estimate of drug-likeness (QED) is 0.237. The Balaban J connectivity index is 1.14. The van der Waals surface area contributed by atoms with E-state index >= 15 is 0 Å². The summed E-state index contributed by atoms with van der Waals surface area (Å²) < 4.78 is 3.70. The van der Waals surface area contributed by atoms with Gasteiger partial charge in [0.05, 0.1) is 17.3 Å². The Labute approximate surface area is 303 Å². The van der Waals surface area contributed by atoms with Crippen LogP contribution in [0.1, 0.15) is 80.8 Å². The summed E-state index contributed by atoms with van der Waals surface area (Å²) in [6.07, 6.45) is 10.3. The number of hydrogen-bond donors (Lipinski definition) is 3. The van der Waals surface area contributed by atoms with E-state index in [2.05, 4.69) is 20.4 Å². The zero-order valence-electron chi connectivity index (χ0n) is 29.8. The number of aromatic nitrogens is 4. The van der Waals surface area contributed by atoms with E-state index in [9.17, 15) is 19.5 Å². The minimum absolute atomic E-state index is 0.231. The maximum atomic E-state index is 14.3. The predicted octanol–water partition coefficient (Wildman–Crippen LogP) is 3.82. The molecule has 0 radical (unpaired) electrons. The van der Waals surface area contributed by atoms with Crippen LogP contribution in [0.3, 0.4) is 0 Å². The molecule has 3 aromatic rings. The number of aliphatic carboxylic acids is 1. The van der Waals surface area contributed by atoms with E-state index in [1.165, 1.54) is 0 Å². The first-order chi connectivity index (χ1) is 24.4. The highest BCUT2D eigenvalue weighted by molar-refractivity contribution is 6.28. The van der Waals surface area contributed by atoms with Crippen molar-refractivity contribution in [3.8, 4) is 0 Å². The van der Waals surface area contributed by atoms with Crippen LogP contribution in [0.2, 0.25) is 0 Å². The smallest absolute Gasteiger partial charge is 0.306 e. The Hall–Kier alpha value is -4.26. The van der Waals surface area contributed by atoms with E-state index in [1.807, 2.05) is 73.6 Å². The fraction of sp³-hybridized carbons (Fsp3) is 0.500. The van der Waals surface area contributed by atoms with Crippen LogP contribution in [-0.2, 0) is 44.8 Å². The summed E-state index contributed by atoms with van der Waals surface area (Å²) in [7, 11) is 5.75. The SMILES string of the molecule is Cc1ccccc1C1=CC=CC(NC(=O)c2nc3c(n2C)CCN(C)C3)(NC(=O)c2nc3c(n2C)CCN(C[C@H]2CC[C@H](C(=O)O)CC2)C3)C1Cl. The summed E-state index contributed by atoms with van der Waals surface area (Å²) in [6.45, 7) is 5.89. The lowest BCUT2D eigenvalue weighted by atomic mass is 9.81. The second-order valence-corrected chi connectivity index (χ2v) is 15.2. The molecule has 7 rings (SSSR count). The number of fused-ring (bicyclic) bond motifs is 2. The minimum Gasteiger partial charge on any atom is -0.481 e. The maximum Gasteiger partial charge on any atom is 0.306 e. The van der Waals surface area contributed by atoms with E-state index in [0.717, 1.165) is 97.6 Å². The molecule has 12 nitrogen and oxygen atoms in total. The van der Waals surface area contributed by atoms with Gasteiger partial charge >= 0.3 is 5.97 Å². The highest BCUT2D eigenvalue weighted by Crippen LogP contribution is 2.36. The number of nitrogens with zero attached hydrogens (tertiary/aromatic N) is 6. The molecular formula is C38H47ClN8O4. The Morgan fingerprint density at radius 2 is 1.51 bits per heavy atom. The lowest BCUT2D eigenvalue weighted by Gasteiger charge is -2.39. The summed E-state index contributed by atoms with van der Waals surface area (Å²) >= 11 is 7.36. The van der Waals surface area contributed by atoms with Gasteiger partial charge in [0.1, 0.15) is 5.38 Å². The van der Waals surface area contributed by atoms with Crippen molar-refractivity contribution in [1.82, 2.24) is 39.5 Å². The average Bonchev–Trinajstić information content (AvgIpc) is 3.61. The highest BCUT2D eigenvalue weighted by atomic mass is 35.5. The van der Waals surface area contributed by atoms with Crippen LogP contribution in [0.5, 0.6) is 0 Å². The molecule has 51 heavy (non-hydrogen) atoms.